The number of Topliss-reactive ketones (excluding diaryl/α,β-unsaturated/α-hetero) is 1. The Bertz CT molecular complexity index is 709. The molecule has 2 fully saturated rings. The van der Waals surface area contributed by atoms with Crippen LogP contribution in [0.4, 0.5) is 0 Å². The second kappa shape index (κ2) is 7.60. The molecule has 0 aromatic carbocycles. The van der Waals surface area contributed by atoms with Gasteiger partial charge in [0.1, 0.15) is 17.4 Å². The largest absolute Gasteiger partial charge is 0.511 e. The van der Waals surface area contributed by atoms with Gasteiger partial charge in [0.2, 0.25) is 0 Å². The minimum absolute atomic E-state index is 0.0628. The van der Waals surface area contributed by atoms with Crippen LogP contribution < -0.4 is 5.32 Å². The molecule has 6 nitrogen and oxygen atoms in total. The van der Waals surface area contributed by atoms with E-state index in [0.717, 1.165) is 19.3 Å². The van der Waals surface area contributed by atoms with E-state index in [9.17, 15) is 24.9 Å². The molecule has 0 aromatic heterocycles. The van der Waals surface area contributed by atoms with E-state index in [-0.39, 0.29) is 41.6 Å². The van der Waals surface area contributed by atoms with E-state index in [2.05, 4.69) is 11.4 Å². The molecule has 148 valence electrons. The van der Waals surface area contributed by atoms with Gasteiger partial charge in [0, 0.05) is 17.9 Å². The van der Waals surface area contributed by atoms with E-state index in [4.69, 9.17) is 0 Å². The van der Waals surface area contributed by atoms with Crippen molar-refractivity contribution in [2.45, 2.75) is 39.2 Å². The van der Waals surface area contributed by atoms with Crippen molar-refractivity contribution in [1.29, 1.82) is 0 Å². The normalized spacial score (nSPS) is 41.0. The maximum absolute atomic E-state index is 12.6. The second-order valence-corrected chi connectivity index (χ2v) is 8.15. The van der Waals surface area contributed by atoms with Gasteiger partial charge >= 0.3 is 0 Å². The topological polar surface area (TPSA) is 107 Å². The Labute approximate surface area is 159 Å². The summed E-state index contributed by atoms with van der Waals surface area (Å²) in [5, 5.41) is 32.6. The average Bonchev–Trinajstić information content (AvgIpc) is 2.96. The van der Waals surface area contributed by atoms with E-state index >= 15 is 0 Å². The molecule has 1 aliphatic heterocycles. The van der Waals surface area contributed by atoms with Gasteiger partial charge in [-0.2, -0.15) is 0 Å². The van der Waals surface area contributed by atoms with Gasteiger partial charge in [-0.25, -0.2) is 0 Å². The molecule has 3 aliphatic rings. The smallest absolute Gasteiger partial charge is 0.259 e. The monoisotopic (exact) mass is 375 g/mol. The Balaban J connectivity index is 2.08. The van der Waals surface area contributed by atoms with Crippen LogP contribution in [-0.2, 0) is 9.59 Å². The number of hydrogen-bond acceptors (Lipinski definition) is 5. The molecule has 1 heterocycles. The molecule has 4 N–H and O–H groups in total. The number of ketones is 1. The summed E-state index contributed by atoms with van der Waals surface area (Å²) in [7, 11) is 0. The lowest BCUT2D eigenvalue weighted by molar-refractivity contribution is -0.118. The fraction of sp³-hybridized carbons (Fsp3) is 0.619. The standard InChI is InChI=1S/C21H29NO5/c1-3-4-14-7-6-13-9-12(10-23)5-8-15(13)21(14,2)19(26)17-18(25)16(11-24)22-20(17)27/h3-4,6-7,12-16,23-24,26H,5,8-11H2,1-2H3,(H,22,27)/b4-3+,19-17-/t12-,13-,14-,15-,16+,21-/m1/s1. The van der Waals surface area contributed by atoms with Crippen LogP contribution in [0, 0.1) is 29.1 Å². The maximum atomic E-state index is 12.6. The summed E-state index contributed by atoms with van der Waals surface area (Å²) in [6, 6.07) is -0.988. The number of rotatable bonds is 4. The quantitative estimate of drug-likeness (QED) is 0.259. The molecule has 2 aliphatic carbocycles. The van der Waals surface area contributed by atoms with E-state index in [0.29, 0.717) is 0 Å². The van der Waals surface area contributed by atoms with E-state index < -0.39 is 29.8 Å². The number of allylic oxidation sites excluding steroid dienone is 5. The lowest BCUT2D eigenvalue weighted by Gasteiger charge is -2.50. The van der Waals surface area contributed by atoms with Crippen molar-refractivity contribution in [1.82, 2.24) is 5.32 Å². The van der Waals surface area contributed by atoms with E-state index in [1.165, 1.54) is 0 Å². The number of nitrogens with one attached hydrogen (secondary N) is 1. The Morgan fingerprint density at radius 1 is 1.26 bits per heavy atom. The Hall–Kier alpha value is -1.92. The van der Waals surface area contributed by atoms with Crippen LogP contribution in [0.3, 0.4) is 0 Å². The summed E-state index contributed by atoms with van der Waals surface area (Å²) < 4.78 is 0. The van der Waals surface area contributed by atoms with Crippen molar-refractivity contribution in [2.24, 2.45) is 29.1 Å². The Morgan fingerprint density at radius 2 is 2.00 bits per heavy atom. The lowest BCUT2D eigenvalue weighted by Crippen LogP contribution is -2.46. The van der Waals surface area contributed by atoms with Gasteiger partial charge in [-0.15, -0.1) is 0 Å². The first-order valence-corrected chi connectivity index (χ1v) is 9.70. The first-order valence-electron chi connectivity index (χ1n) is 9.70. The van der Waals surface area contributed by atoms with Gasteiger partial charge in [0.05, 0.1) is 6.61 Å². The summed E-state index contributed by atoms with van der Waals surface area (Å²) in [4.78, 5) is 24.9. The fourth-order valence-corrected chi connectivity index (χ4v) is 5.14. The molecule has 1 saturated carbocycles. The summed E-state index contributed by atoms with van der Waals surface area (Å²) in [6.07, 6.45) is 10.6. The second-order valence-electron chi connectivity index (χ2n) is 8.15. The number of amides is 1. The zero-order chi connectivity index (χ0) is 19.8. The summed E-state index contributed by atoms with van der Waals surface area (Å²) in [6.45, 7) is 3.49. The van der Waals surface area contributed by atoms with Gasteiger partial charge in [0.25, 0.3) is 5.91 Å². The average molecular weight is 375 g/mol. The highest BCUT2D eigenvalue weighted by molar-refractivity contribution is 6.27. The van der Waals surface area contributed by atoms with Gasteiger partial charge < -0.3 is 20.6 Å². The van der Waals surface area contributed by atoms with Crippen LogP contribution in [0.25, 0.3) is 0 Å². The van der Waals surface area contributed by atoms with E-state index in [1.54, 1.807) is 0 Å². The summed E-state index contributed by atoms with van der Waals surface area (Å²) >= 11 is 0. The van der Waals surface area contributed by atoms with Crippen LogP contribution in [0.1, 0.15) is 33.1 Å². The summed E-state index contributed by atoms with van der Waals surface area (Å²) in [5.74, 6) is -1.00. The third-order valence-corrected chi connectivity index (χ3v) is 6.72. The summed E-state index contributed by atoms with van der Waals surface area (Å²) in [5.41, 5.74) is -1.01. The lowest BCUT2D eigenvalue weighted by atomic mass is 9.54. The Morgan fingerprint density at radius 3 is 2.59 bits per heavy atom. The molecule has 1 saturated heterocycles. The third-order valence-electron chi connectivity index (χ3n) is 6.72. The van der Waals surface area contributed by atoms with Crippen LogP contribution in [0.5, 0.6) is 0 Å². The third kappa shape index (κ3) is 3.15. The number of carbonyl (C=O) groups is 2. The van der Waals surface area contributed by atoms with Crippen LogP contribution in [0.15, 0.2) is 35.6 Å². The molecule has 0 radical (unpaired) electrons. The molecule has 27 heavy (non-hydrogen) atoms. The van der Waals surface area contributed by atoms with Crippen molar-refractivity contribution in [2.75, 3.05) is 13.2 Å². The molecule has 0 spiro atoms. The molecule has 0 bridgehead atoms. The van der Waals surface area contributed by atoms with E-state index in [1.807, 2.05) is 32.1 Å². The molecular weight excluding hydrogens is 346 g/mol. The molecular formula is C21H29NO5. The molecule has 6 heteroatoms. The van der Waals surface area contributed by atoms with Crippen molar-refractivity contribution in [3.63, 3.8) is 0 Å². The highest BCUT2D eigenvalue weighted by Gasteiger charge is 2.53. The molecule has 3 rings (SSSR count). The van der Waals surface area contributed by atoms with Crippen LogP contribution in [0.2, 0.25) is 0 Å². The number of hydrogen-bond donors (Lipinski definition) is 4. The zero-order valence-corrected chi connectivity index (χ0v) is 15.9. The SMILES string of the molecule is C/C=C/[C@@H]1C=C[C@@H]2C[C@H](CO)CC[C@H]2[C@]1(C)/C(O)=C1/C(=O)N[C@@H](CO)C1=O. The molecule has 0 unspecified atom stereocenters. The highest BCUT2D eigenvalue weighted by Crippen LogP contribution is 2.56. The molecule has 0 aromatic rings. The van der Waals surface area contributed by atoms with Crippen molar-refractivity contribution >= 4 is 11.7 Å². The number of aliphatic hydroxyl groups excluding tert-OH is 3. The highest BCUT2D eigenvalue weighted by atomic mass is 16.3. The first kappa shape index (κ1) is 19.8. The first-order chi connectivity index (χ1) is 12.9. The van der Waals surface area contributed by atoms with Gasteiger partial charge in [-0.05, 0) is 43.9 Å². The van der Waals surface area contributed by atoms with Crippen molar-refractivity contribution < 1.29 is 24.9 Å². The zero-order valence-electron chi connectivity index (χ0n) is 15.9. The number of aliphatic hydroxyl groups is 3. The number of fused-ring (bicyclic) bond motifs is 1. The van der Waals surface area contributed by atoms with Crippen LogP contribution >= 0.6 is 0 Å². The van der Waals surface area contributed by atoms with Gasteiger partial charge in [-0.3, -0.25) is 9.59 Å². The Kier molecular flexibility index (Phi) is 5.58. The van der Waals surface area contributed by atoms with Crippen LogP contribution in [-0.4, -0.2) is 46.3 Å². The maximum Gasteiger partial charge on any atom is 0.259 e. The minimum atomic E-state index is -0.988. The molecule has 1 amide bonds. The van der Waals surface area contributed by atoms with Crippen molar-refractivity contribution in [3.8, 4) is 0 Å². The minimum Gasteiger partial charge on any atom is -0.511 e. The fourth-order valence-electron chi connectivity index (χ4n) is 5.14. The molecule has 6 atom stereocenters. The predicted octanol–water partition coefficient (Wildman–Crippen LogP) is 1.65. The van der Waals surface area contributed by atoms with Gasteiger partial charge in [-0.1, -0.05) is 31.2 Å². The van der Waals surface area contributed by atoms with Gasteiger partial charge in [0.15, 0.2) is 5.78 Å². The predicted molar refractivity (Wildman–Crippen MR) is 101 cm³/mol. The van der Waals surface area contributed by atoms with Crippen molar-refractivity contribution in [3.05, 3.63) is 35.6 Å². The number of carbonyl (C=O) groups excluding carboxylic acids is 2.